The molecule has 0 N–H and O–H groups in total. The van der Waals surface area contributed by atoms with Crippen LogP contribution in [0.4, 0.5) is 11.4 Å². The van der Waals surface area contributed by atoms with Crippen LogP contribution >= 0.6 is 0 Å². The highest BCUT2D eigenvalue weighted by atomic mass is 16.5. The van der Waals surface area contributed by atoms with Gasteiger partial charge in [-0.2, -0.15) is 0 Å². The first-order valence-corrected chi connectivity index (χ1v) is 6.70. The van der Waals surface area contributed by atoms with Gasteiger partial charge in [-0.15, -0.1) is 0 Å². The highest BCUT2D eigenvalue weighted by Gasteiger charge is 2.17. The van der Waals surface area contributed by atoms with Gasteiger partial charge in [0.15, 0.2) is 0 Å². The molecule has 2 rings (SSSR count). The molecule has 104 valence electrons. The number of amides is 1. The molecule has 0 aromatic heterocycles. The van der Waals surface area contributed by atoms with Crippen molar-refractivity contribution < 1.29 is 9.53 Å². The largest absolute Gasteiger partial charge is 0.497 e. The molecular weight excluding hydrogens is 250 g/mol. The fourth-order valence-corrected chi connectivity index (χ4v) is 2.26. The molecule has 0 fully saturated rings. The van der Waals surface area contributed by atoms with Gasteiger partial charge in [0.25, 0.3) is 0 Å². The van der Waals surface area contributed by atoms with Crippen LogP contribution in [0.2, 0.25) is 0 Å². The number of ether oxygens (including phenoxy) is 1. The van der Waals surface area contributed by atoms with Crippen molar-refractivity contribution in [3.63, 3.8) is 0 Å². The van der Waals surface area contributed by atoms with E-state index in [-0.39, 0.29) is 5.91 Å². The molecule has 0 aliphatic heterocycles. The number of nitrogens with zero attached hydrogens (tertiary/aromatic N) is 1. The Labute approximate surface area is 119 Å². The van der Waals surface area contributed by atoms with Crippen molar-refractivity contribution in [1.29, 1.82) is 0 Å². The van der Waals surface area contributed by atoms with Crippen LogP contribution < -0.4 is 9.64 Å². The van der Waals surface area contributed by atoms with Gasteiger partial charge in [-0.3, -0.25) is 9.69 Å². The Bertz CT molecular complexity index is 593. The maximum Gasteiger partial charge on any atom is 0.228 e. The minimum absolute atomic E-state index is 0.00364. The monoisotopic (exact) mass is 269 g/mol. The van der Waals surface area contributed by atoms with E-state index in [1.807, 2.05) is 48.5 Å². The van der Waals surface area contributed by atoms with Gasteiger partial charge in [-0.1, -0.05) is 25.1 Å². The Morgan fingerprint density at radius 2 is 1.85 bits per heavy atom. The van der Waals surface area contributed by atoms with E-state index in [4.69, 9.17) is 4.74 Å². The lowest BCUT2D eigenvalue weighted by molar-refractivity contribution is -0.115. The maximum absolute atomic E-state index is 12.1. The summed E-state index contributed by atoms with van der Waals surface area (Å²) in [6, 6.07) is 15.5. The molecule has 0 unspecified atom stereocenters. The van der Waals surface area contributed by atoms with Crippen LogP contribution in [0.3, 0.4) is 0 Å². The first-order valence-electron chi connectivity index (χ1n) is 6.70. The topological polar surface area (TPSA) is 29.5 Å². The van der Waals surface area contributed by atoms with Crippen molar-refractivity contribution in [3.05, 3.63) is 54.1 Å². The zero-order chi connectivity index (χ0) is 14.5. The highest BCUT2D eigenvalue weighted by Crippen LogP contribution is 2.31. The van der Waals surface area contributed by atoms with E-state index >= 15 is 0 Å². The molecule has 0 saturated heterocycles. The minimum atomic E-state index is -0.00364. The van der Waals surface area contributed by atoms with Gasteiger partial charge >= 0.3 is 0 Å². The number of hydrogen-bond donors (Lipinski definition) is 0. The van der Waals surface area contributed by atoms with Crippen molar-refractivity contribution in [2.45, 2.75) is 20.3 Å². The molecule has 3 heteroatoms. The van der Waals surface area contributed by atoms with E-state index in [1.165, 1.54) is 0 Å². The molecule has 0 heterocycles. The summed E-state index contributed by atoms with van der Waals surface area (Å²) < 4.78 is 5.25. The normalized spacial score (nSPS) is 10.2. The van der Waals surface area contributed by atoms with Crippen molar-refractivity contribution >= 4 is 17.3 Å². The molecule has 0 radical (unpaired) electrons. The Morgan fingerprint density at radius 1 is 1.15 bits per heavy atom. The fraction of sp³-hybridized carbons (Fsp3) is 0.235. The summed E-state index contributed by atoms with van der Waals surface area (Å²) >= 11 is 0. The summed E-state index contributed by atoms with van der Waals surface area (Å²) in [5.74, 6) is 0.804. The standard InChI is InChI=1S/C17H19NO2/c1-4-14-12-16(20-3)10-11-17(14)18(13(2)19)15-8-6-5-7-9-15/h5-12H,4H2,1-3H3. The second-order valence-electron chi connectivity index (χ2n) is 4.54. The summed E-state index contributed by atoms with van der Waals surface area (Å²) in [6.07, 6.45) is 0.836. The number of carbonyl (C=O) groups excluding carboxylic acids is 1. The molecule has 0 spiro atoms. The lowest BCUT2D eigenvalue weighted by Crippen LogP contribution is -2.23. The maximum atomic E-state index is 12.1. The number of hydrogen-bond acceptors (Lipinski definition) is 2. The number of anilines is 2. The molecule has 3 nitrogen and oxygen atoms in total. The van der Waals surface area contributed by atoms with Gasteiger partial charge in [0.1, 0.15) is 5.75 Å². The SMILES string of the molecule is CCc1cc(OC)ccc1N(C(C)=O)c1ccccc1. The molecule has 2 aromatic carbocycles. The summed E-state index contributed by atoms with van der Waals surface area (Å²) in [7, 11) is 1.65. The number of para-hydroxylation sites is 1. The highest BCUT2D eigenvalue weighted by molar-refractivity contribution is 5.99. The molecule has 20 heavy (non-hydrogen) atoms. The molecular formula is C17H19NO2. The van der Waals surface area contributed by atoms with Gasteiger partial charge in [0.2, 0.25) is 5.91 Å². The smallest absolute Gasteiger partial charge is 0.228 e. The average molecular weight is 269 g/mol. The van der Waals surface area contributed by atoms with E-state index in [0.29, 0.717) is 0 Å². The van der Waals surface area contributed by atoms with Crippen molar-refractivity contribution in [2.24, 2.45) is 0 Å². The Morgan fingerprint density at radius 3 is 2.40 bits per heavy atom. The van der Waals surface area contributed by atoms with Crippen molar-refractivity contribution in [1.82, 2.24) is 0 Å². The van der Waals surface area contributed by atoms with Crippen molar-refractivity contribution in [3.8, 4) is 5.75 Å². The molecule has 0 saturated carbocycles. The lowest BCUT2D eigenvalue weighted by Gasteiger charge is -2.24. The van der Waals surface area contributed by atoms with Gasteiger partial charge < -0.3 is 4.74 Å². The fourth-order valence-electron chi connectivity index (χ4n) is 2.26. The van der Waals surface area contributed by atoms with Crippen LogP contribution in [-0.2, 0) is 11.2 Å². The number of benzene rings is 2. The summed E-state index contributed by atoms with van der Waals surface area (Å²) in [5.41, 5.74) is 2.87. The predicted octanol–water partition coefficient (Wildman–Crippen LogP) is 3.94. The number of methoxy groups -OCH3 is 1. The third-order valence-electron chi connectivity index (χ3n) is 3.24. The predicted molar refractivity (Wildman–Crippen MR) is 81.6 cm³/mol. The number of carbonyl (C=O) groups is 1. The minimum Gasteiger partial charge on any atom is -0.497 e. The van der Waals surface area contributed by atoms with E-state index in [0.717, 1.165) is 29.1 Å². The molecule has 2 aromatic rings. The first kappa shape index (κ1) is 14.1. The average Bonchev–Trinajstić information content (AvgIpc) is 2.48. The quantitative estimate of drug-likeness (QED) is 0.841. The van der Waals surface area contributed by atoms with Crippen LogP contribution in [0, 0.1) is 0 Å². The van der Waals surface area contributed by atoms with Gasteiger partial charge in [-0.25, -0.2) is 0 Å². The van der Waals surface area contributed by atoms with Gasteiger partial charge in [0.05, 0.1) is 12.8 Å². The van der Waals surface area contributed by atoms with Crippen LogP contribution in [0.15, 0.2) is 48.5 Å². The summed E-state index contributed by atoms with van der Waals surface area (Å²) in [6.45, 7) is 3.65. The second kappa shape index (κ2) is 6.24. The van der Waals surface area contributed by atoms with E-state index in [9.17, 15) is 4.79 Å². The molecule has 0 bridgehead atoms. The molecule has 0 atom stereocenters. The van der Waals surface area contributed by atoms with E-state index in [1.54, 1.807) is 18.9 Å². The zero-order valence-corrected chi connectivity index (χ0v) is 12.1. The Kier molecular flexibility index (Phi) is 4.41. The van der Waals surface area contributed by atoms with Crippen LogP contribution in [0.5, 0.6) is 5.75 Å². The van der Waals surface area contributed by atoms with Crippen molar-refractivity contribution in [2.75, 3.05) is 12.0 Å². The van der Waals surface area contributed by atoms with Gasteiger partial charge in [-0.05, 0) is 42.3 Å². The third kappa shape index (κ3) is 2.82. The van der Waals surface area contributed by atoms with Gasteiger partial charge in [0, 0.05) is 12.6 Å². The lowest BCUT2D eigenvalue weighted by atomic mass is 10.1. The first-order chi connectivity index (χ1) is 9.67. The number of rotatable bonds is 4. The van der Waals surface area contributed by atoms with E-state index in [2.05, 4.69) is 6.92 Å². The Hall–Kier alpha value is -2.29. The second-order valence-corrected chi connectivity index (χ2v) is 4.54. The zero-order valence-electron chi connectivity index (χ0n) is 12.1. The summed E-state index contributed by atoms with van der Waals surface area (Å²) in [4.78, 5) is 13.8. The molecule has 0 aliphatic rings. The third-order valence-corrected chi connectivity index (χ3v) is 3.24. The van der Waals surface area contributed by atoms with E-state index < -0.39 is 0 Å². The van der Waals surface area contributed by atoms with Crippen LogP contribution in [0.1, 0.15) is 19.4 Å². The molecule has 0 aliphatic carbocycles. The Balaban J connectivity index is 2.53. The van der Waals surface area contributed by atoms with Crippen LogP contribution in [-0.4, -0.2) is 13.0 Å². The summed E-state index contributed by atoms with van der Waals surface area (Å²) in [5, 5.41) is 0. The molecule has 1 amide bonds. The van der Waals surface area contributed by atoms with Crippen LogP contribution in [0.25, 0.3) is 0 Å². The number of aryl methyl sites for hydroxylation is 1.